The Bertz CT molecular complexity index is 277. The van der Waals surface area contributed by atoms with Gasteiger partial charge in [-0.15, -0.1) is 0 Å². The van der Waals surface area contributed by atoms with Crippen LogP contribution in [0, 0.1) is 23.7 Å². The van der Waals surface area contributed by atoms with E-state index in [1.54, 1.807) is 0 Å². The zero-order valence-electron chi connectivity index (χ0n) is 10.9. The lowest BCUT2D eigenvalue weighted by atomic mass is 9.64. The molecule has 3 nitrogen and oxygen atoms in total. The van der Waals surface area contributed by atoms with Gasteiger partial charge in [-0.3, -0.25) is 4.79 Å². The summed E-state index contributed by atoms with van der Waals surface area (Å²) in [7, 11) is 1.81. The molecule has 2 fully saturated rings. The smallest absolute Gasteiger partial charge is 0.306 e. The van der Waals surface area contributed by atoms with Gasteiger partial charge in [-0.1, -0.05) is 6.92 Å². The fourth-order valence-corrected chi connectivity index (χ4v) is 3.75. The van der Waals surface area contributed by atoms with E-state index in [9.17, 15) is 4.79 Å². The largest absolute Gasteiger partial charge is 0.481 e. The molecule has 17 heavy (non-hydrogen) atoms. The minimum absolute atomic E-state index is 0.170. The second-order valence-corrected chi connectivity index (χ2v) is 5.89. The van der Waals surface area contributed by atoms with Crippen LogP contribution < -0.4 is 0 Å². The Morgan fingerprint density at radius 3 is 2.47 bits per heavy atom. The van der Waals surface area contributed by atoms with Crippen LogP contribution in [0.4, 0.5) is 0 Å². The van der Waals surface area contributed by atoms with Crippen molar-refractivity contribution in [3.8, 4) is 0 Å². The van der Waals surface area contributed by atoms with Crippen molar-refractivity contribution < 1.29 is 14.6 Å². The maximum atomic E-state index is 11.0. The SMILES string of the molecule is COC1CCC2CC(C(C)C(=O)O)CCC2C1. The van der Waals surface area contributed by atoms with E-state index < -0.39 is 5.97 Å². The summed E-state index contributed by atoms with van der Waals surface area (Å²) in [5, 5.41) is 9.09. The van der Waals surface area contributed by atoms with E-state index in [1.807, 2.05) is 14.0 Å². The zero-order chi connectivity index (χ0) is 12.4. The van der Waals surface area contributed by atoms with Gasteiger partial charge in [0, 0.05) is 7.11 Å². The molecule has 2 saturated carbocycles. The van der Waals surface area contributed by atoms with Crippen molar-refractivity contribution in [2.24, 2.45) is 23.7 Å². The molecule has 0 aromatic rings. The second kappa shape index (κ2) is 5.38. The molecule has 3 heteroatoms. The summed E-state index contributed by atoms with van der Waals surface area (Å²) < 4.78 is 5.46. The van der Waals surface area contributed by atoms with Gasteiger partial charge in [0.05, 0.1) is 12.0 Å². The molecule has 2 aliphatic rings. The Balaban J connectivity index is 1.91. The van der Waals surface area contributed by atoms with E-state index in [0.29, 0.717) is 12.0 Å². The number of aliphatic carboxylic acids is 1. The van der Waals surface area contributed by atoms with Crippen molar-refractivity contribution in [1.82, 2.24) is 0 Å². The molecule has 0 bridgehead atoms. The van der Waals surface area contributed by atoms with Crippen molar-refractivity contribution >= 4 is 5.97 Å². The van der Waals surface area contributed by atoms with Crippen molar-refractivity contribution in [1.29, 1.82) is 0 Å². The molecule has 98 valence electrons. The van der Waals surface area contributed by atoms with Gasteiger partial charge in [-0.25, -0.2) is 0 Å². The molecule has 0 heterocycles. The molecule has 5 atom stereocenters. The monoisotopic (exact) mass is 240 g/mol. The third-order valence-corrected chi connectivity index (χ3v) is 5.04. The van der Waals surface area contributed by atoms with E-state index >= 15 is 0 Å². The fourth-order valence-electron chi connectivity index (χ4n) is 3.75. The highest BCUT2D eigenvalue weighted by Gasteiger charge is 2.38. The van der Waals surface area contributed by atoms with Crippen LogP contribution in [0.2, 0.25) is 0 Å². The lowest BCUT2D eigenvalue weighted by Crippen LogP contribution is -2.36. The molecule has 0 radical (unpaired) electrons. The van der Waals surface area contributed by atoms with Crippen molar-refractivity contribution in [3.63, 3.8) is 0 Å². The highest BCUT2D eigenvalue weighted by molar-refractivity contribution is 5.69. The van der Waals surface area contributed by atoms with Crippen LogP contribution in [0.15, 0.2) is 0 Å². The molecule has 0 aliphatic heterocycles. The van der Waals surface area contributed by atoms with Gasteiger partial charge in [0.2, 0.25) is 0 Å². The van der Waals surface area contributed by atoms with Crippen LogP contribution >= 0.6 is 0 Å². The van der Waals surface area contributed by atoms with Gasteiger partial charge >= 0.3 is 5.97 Å². The van der Waals surface area contributed by atoms with Gasteiger partial charge in [0.1, 0.15) is 0 Å². The summed E-state index contributed by atoms with van der Waals surface area (Å²) in [6, 6.07) is 0. The third-order valence-electron chi connectivity index (χ3n) is 5.04. The molecular weight excluding hydrogens is 216 g/mol. The maximum Gasteiger partial charge on any atom is 0.306 e. The lowest BCUT2D eigenvalue weighted by molar-refractivity contribution is -0.144. The van der Waals surface area contributed by atoms with Crippen LogP contribution in [-0.4, -0.2) is 24.3 Å². The Hall–Kier alpha value is -0.570. The predicted octanol–water partition coefficient (Wildman–Crippen LogP) is 2.94. The van der Waals surface area contributed by atoms with Crippen LogP contribution in [0.1, 0.15) is 45.4 Å². The molecule has 0 aromatic carbocycles. The number of carboxylic acids is 1. The zero-order valence-corrected chi connectivity index (χ0v) is 10.9. The summed E-state index contributed by atoms with van der Waals surface area (Å²) in [5.74, 6) is 1.14. The van der Waals surface area contributed by atoms with Crippen molar-refractivity contribution in [2.75, 3.05) is 7.11 Å². The summed E-state index contributed by atoms with van der Waals surface area (Å²) in [6.45, 7) is 1.87. The summed E-state index contributed by atoms with van der Waals surface area (Å²) in [6.07, 6.45) is 7.43. The average Bonchev–Trinajstić information content (AvgIpc) is 2.36. The van der Waals surface area contributed by atoms with Crippen LogP contribution in [0.3, 0.4) is 0 Å². The van der Waals surface area contributed by atoms with Crippen LogP contribution in [-0.2, 0) is 9.53 Å². The molecule has 2 rings (SSSR count). The number of rotatable bonds is 3. The maximum absolute atomic E-state index is 11.0. The van der Waals surface area contributed by atoms with E-state index in [2.05, 4.69) is 0 Å². The molecule has 0 saturated heterocycles. The minimum atomic E-state index is -0.626. The Morgan fingerprint density at radius 2 is 1.82 bits per heavy atom. The number of methoxy groups -OCH3 is 1. The third kappa shape index (κ3) is 2.82. The van der Waals surface area contributed by atoms with Gasteiger partial charge in [0.15, 0.2) is 0 Å². The molecule has 1 N–H and O–H groups in total. The lowest BCUT2D eigenvalue weighted by Gasteiger charge is -2.42. The fraction of sp³-hybridized carbons (Fsp3) is 0.929. The number of ether oxygens (including phenoxy) is 1. The predicted molar refractivity (Wildman–Crippen MR) is 65.8 cm³/mol. The highest BCUT2D eigenvalue weighted by atomic mass is 16.5. The highest BCUT2D eigenvalue weighted by Crippen LogP contribution is 2.45. The number of fused-ring (bicyclic) bond motifs is 1. The first-order chi connectivity index (χ1) is 8.11. The molecule has 0 spiro atoms. The van der Waals surface area contributed by atoms with E-state index in [1.165, 1.54) is 19.3 Å². The number of hydrogen-bond donors (Lipinski definition) is 1. The average molecular weight is 240 g/mol. The molecule has 0 aromatic heterocycles. The molecule has 5 unspecified atom stereocenters. The topological polar surface area (TPSA) is 46.5 Å². The van der Waals surface area contributed by atoms with Crippen LogP contribution in [0.25, 0.3) is 0 Å². The van der Waals surface area contributed by atoms with E-state index in [0.717, 1.165) is 31.1 Å². The quantitative estimate of drug-likeness (QED) is 0.825. The van der Waals surface area contributed by atoms with Crippen molar-refractivity contribution in [3.05, 3.63) is 0 Å². The van der Waals surface area contributed by atoms with E-state index in [4.69, 9.17) is 9.84 Å². The Morgan fingerprint density at radius 1 is 1.18 bits per heavy atom. The summed E-state index contributed by atoms with van der Waals surface area (Å²) in [4.78, 5) is 11.0. The minimum Gasteiger partial charge on any atom is -0.481 e. The summed E-state index contributed by atoms with van der Waals surface area (Å²) >= 11 is 0. The van der Waals surface area contributed by atoms with Gasteiger partial charge in [0.25, 0.3) is 0 Å². The first kappa shape index (κ1) is 12.9. The second-order valence-electron chi connectivity index (χ2n) is 5.89. The number of carboxylic acid groups (broad SMARTS) is 1. The van der Waals surface area contributed by atoms with Gasteiger partial charge < -0.3 is 9.84 Å². The molecule has 2 aliphatic carbocycles. The normalized spacial score (nSPS) is 39.4. The van der Waals surface area contributed by atoms with Gasteiger partial charge in [-0.05, 0) is 56.3 Å². The van der Waals surface area contributed by atoms with Crippen molar-refractivity contribution in [2.45, 2.75) is 51.6 Å². The first-order valence-electron chi connectivity index (χ1n) is 6.87. The standard InChI is InChI=1S/C14H24O3/c1-9(14(15)16)10-3-4-12-8-13(17-2)6-5-11(12)7-10/h9-13H,3-8H2,1-2H3,(H,15,16). The first-order valence-corrected chi connectivity index (χ1v) is 6.87. The number of carbonyl (C=O) groups is 1. The number of hydrogen-bond acceptors (Lipinski definition) is 2. The van der Waals surface area contributed by atoms with Crippen LogP contribution in [0.5, 0.6) is 0 Å². The Labute approximate surface area is 104 Å². The van der Waals surface area contributed by atoms with Gasteiger partial charge in [-0.2, -0.15) is 0 Å². The molecule has 0 amide bonds. The summed E-state index contributed by atoms with van der Waals surface area (Å²) in [5.41, 5.74) is 0. The van der Waals surface area contributed by atoms with E-state index in [-0.39, 0.29) is 5.92 Å². The Kier molecular flexibility index (Phi) is 4.08. The molecular formula is C14H24O3.